The predicted molar refractivity (Wildman–Crippen MR) is 100 cm³/mol. The average molecular weight is 338 g/mol. The van der Waals surface area contributed by atoms with Gasteiger partial charge in [-0.3, -0.25) is 0 Å². The fraction of sp³-hybridized carbons (Fsp3) is 0.105. The van der Waals surface area contributed by atoms with Crippen molar-refractivity contribution in [3.05, 3.63) is 78.6 Å². The van der Waals surface area contributed by atoms with Gasteiger partial charge in [0, 0.05) is 30.4 Å². The van der Waals surface area contributed by atoms with Crippen LogP contribution < -0.4 is 15.3 Å². The third-order valence-corrected chi connectivity index (χ3v) is 4.78. The van der Waals surface area contributed by atoms with E-state index in [9.17, 15) is 0 Å². The topological polar surface area (TPSA) is 35.8 Å². The van der Waals surface area contributed by atoms with Gasteiger partial charge in [-0.2, -0.15) is 5.10 Å². The van der Waals surface area contributed by atoms with Gasteiger partial charge in [0.15, 0.2) is 6.79 Å². The number of methoxy groups -OCH3 is 1. The molecule has 0 radical (unpaired) electrons. The van der Waals surface area contributed by atoms with Gasteiger partial charge in [-0.15, -0.1) is 0 Å². The SMILES string of the molecule is COCOc1ccccc1Pc1ccccc1C=Nn1cccc1. The summed E-state index contributed by atoms with van der Waals surface area (Å²) in [6, 6.07) is 20.2. The van der Waals surface area contributed by atoms with E-state index >= 15 is 0 Å². The smallest absolute Gasteiger partial charge is 0.188 e. The van der Waals surface area contributed by atoms with Crippen molar-refractivity contribution in [2.75, 3.05) is 13.9 Å². The highest BCUT2D eigenvalue weighted by Gasteiger charge is 2.07. The van der Waals surface area contributed by atoms with E-state index in [4.69, 9.17) is 9.47 Å². The summed E-state index contributed by atoms with van der Waals surface area (Å²) in [6.45, 7) is 0.248. The molecule has 1 aromatic heterocycles. The molecule has 2 aromatic carbocycles. The van der Waals surface area contributed by atoms with Crippen molar-refractivity contribution < 1.29 is 9.47 Å². The molecular formula is C19H19N2O2P. The maximum absolute atomic E-state index is 5.66. The van der Waals surface area contributed by atoms with Crippen LogP contribution in [0, 0.1) is 0 Å². The van der Waals surface area contributed by atoms with E-state index in [1.54, 1.807) is 11.8 Å². The highest BCUT2D eigenvalue weighted by molar-refractivity contribution is 7.56. The Labute approximate surface area is 143 Å². The van der Waals surface area contributed by atoms with E-state index in [0.717, 1.165) is 16.6 Å². The number of para-hydroxylation sites is 1. The number of hydrogen-bond acceptors (Lipinski definition) is 3. The van der Waals surface area contributed by atoms with Crippen LogP contribution in [-0.2, 0) is 4.74 Å². The van der Waals surface area contributed by atoms with Gasteiger partial charge in [0.05, 0.1) is 6.21 Å². The number of ether oxygens (including phenoxy) is 2. The van der Waals surface area contributed by atoms with Crippen molar-refractivity contribution in [3.8, 4) is 5.75 Å². The van der Waals surface area contributed by atoms with Crippen LogP contribution in [0.15, 0.2) is 78.2 Å². The molecule has 0 amide bonds. The quantitative estimate of drug-likeness (QED) is 0.377. The van der Waals surface area contributed by atoms with Crippen LogP contribution in [-0.4, -0.2) is 24.8 Å². The summed E-state index contributed by atoms with van der Waals surface area (Å²) < 4.78 is 12.5. The summed E-state index contributed by atoms with van der Waals surface area (Å²) in [5, 5.41) is 6.83. The highest BCUT2D eigenvalue weighted by atomic mass is 31.1. The fourth-order valence-electron chi connectivity index (χ4n) is 2.22. The molecule has 0 aliphatic carbocycles. The Morgan fingerprint density at radius 1 is 0.958 bits per heavy atom. The van der Waals surface area contributed by atoms with Crippen molar-refractivity contribution in [1.29, 1.82) is 0 Å². The summed E-state index contributed by atoms with van der Waals surface area (Å²) in [6.07, 6.45) is 5.71. The molecule has 0 N–H and O–H groups in total. The molecule has 122 valence electrons. The number of benzene rings is 2. The van der Waals surface area contributed by atoms with Crippen LogP contribution in [0.3, 0.4) is 0 Å². The summed E-state index contributed by atoms with van der Waals surface area (Å²) in [5.41, 5.74) is 1.10. The lowest BCUT2D eigenvalue weighted by Crippen LogP contribution is -2.12. The zero-order valence-electron chi connectivity index (χ0n) is 13.4. The number of hydrogen-bond donors (Lipinski definition) is 0. The lowest BCUT2D eigenvalue weighted by Gasteiger charge is -2.12. The van der Waals surface area contributed by atoms with Crippen LogP contribution in [0.25, 0.3) is 0 Å². The first-order chi connectivity index (χ1) is 11.9. The molecule has 0 bridgehead atoms. The van der Waals surface area contributed by atoms with Crippen LogP contribution in [0.2, 0.25) is 0 Å². The van der Waals surface area contributed by atoms with Gasteiger partial charge >= 0.3 is 0 Å². The second-order valence-electron chi connectivity index (χ2n) is 5.07. The Kier molecular flexibility index (Phi) is 5.78. The Morgan fingerprint density at radius 3 is 2.46 bits per heavy atom. The molecule has 0 aliphatic rings. The van der Waals surface area contributed by atoms with Gasteiger partial charge in [-0.25, -0.2) is 4.68 Å². The maximum atomic E-state index is 5.66. The molecule has 1 unspecified atom stereocenters. The Morgan fingerprint density at radius 2 is 1.67 bits per heavy atom. The first-order valence-corrected chi connectivity index (χ1v) is 8.61. The normalized spacial score (nSPS) is 11.5. The van der Waals surface area contributed by atoms with Crippen LogP contribution in [0.5, 0.6) is 5.75 Å². The second kappa shape index (κ2) is 8.44. The molecule has 0 saturated carbocycles. The summed E-state index contributed by atoms with van der Waals surface area (Å²) in [4.78, 5) is 0. The number of nitrogens with zero attached hydrogens (tertiary/aromatic N) is 2. The molecule has 5 heteroatoms. The largest absolute Gasteiger partial charge is 0.467 e. The minimum absolute atomic E-state index is 0.248. The van der Waals surface area contributed by atoms with Crippen molar-refractivity contribution >= 4 is 25.4 Å². The van der Waals surface area contributed by atoms with E-state index in [-0.39, 0.29) is 6.79 Å². The molecule has 0 aliphatic heterocycles. The van der Waals surface area contributed by atoms with Crippen molar-refractivity contribution in [2.24, 2.45) is 5.10 Å². The van der Waals surface area contributed by atoms with Gasteiger partial charge in [-0.1, -0.05) is 51.0 Å². The summed E-state index contributed by atoms with van der Waals surface area (Å²) in [7, 11) is 2.10. The van der Waals surface area contributed by atoms with Crippen molar-refractivity contribution in [1.82, 2.24) is 4.68 Å². The monoisotopic (exact) mass is 338 g/mol. The third-order valence-electron chi connectivity index (χ3n) is 3.37. The summed E-state index contributed by atoms with van der Waals surface area (Å²) in [5.74, 6) is 0.856. The van der Waals surface area contributed by atoms with E-state index in [0.29, 0.717) is 8.58 Å². The van der Waals surface area contributed by atoms with E-state index < -0.39 is 0 Å². The first kappa shape index (κ1) is 16.4. The minimum atomic E-state index is 0.248. The first-order valence-electron chi connectivity index (χ1n) is 7.61. The molecular weight excluding hydrogens is 319 g/mol. The molecule has 0 fully saturated rings. The van der Waals surface area contributed by atoms with Crippen molar-refractivity contribution in [2.45, 2.75) is 0 Å². The molecule has 3 aromatic rings. The molecule has 1 atom stereocenters. The second-order valence-corrected chi connectivity index (χ2v) is 6.39. The minimum Gasteiger partial charge on any atom is -0.467 e. The Bertz CT molecular complexity index is 801. The molecule has 24 heavy (non-hydrogen) atoms. The molecule has 0 saturated heterocycles. The molecule has 0 spiro atoms. The number of aromatic nitrogens is 1. The maximum Gasteiger partial charge on any atom is 0.188 e. The van der Waals surface area contributed by atoms with E-state index in [1.807, 2.05) is 61.1 Å². The molecule has 3 rings (SSSR count). The lowest BCUT2D eigenvalue weighted by atomic mass is 10.2. The van der Waals surface area contributed by atoms with Crippen LogP contribution >= 0.6 is 8.58 Å². The highest BCUT2D eigenvalue weighted by Crippen LogP contribution is 2.20. The summed E-state index contributed by atoms with van der Waals surface area (Å²) >= 11 is 0. The predicted octanol–water partition coefficient (Wildman–Crippen LogP) is 2.98. The molecule has 1 heterocycles. The number of rotatable bonds is 7. The van der Waals surface area contributed by atoms with Crippen LogP contribution in [0.1, 0.15) is 5.56 Å². The fourth-order valence-corrected chi connectivity index (χ4v) is 3.44. The van der Waals surface area contributed by atoms with Gasteiger partial charge in [0.2, 0.25) is 0 Å². The zero-order valence-corrected chi connectivity index (χ0v) is 14.4. The van der Waals surface area contributed by atoms with Gasteiger partial charge in [0.25, 0.3) is 0 Å². The van der Waals surface area contributed by atoms with Gasteiger partial charge < -0.3 is 9.47 Å². The average Bonchev–Trinajstić information content (AvgIpc) is 3.14. The van der Waals surface area contributed by atoms with E-state index in [1.165, 1.54) is 5.30 Å². The Hall–Kier alpha value is -2.42. The van der Waals surface area contributed by atoms with E-state index in [2.05, 4.69) is 23.3 Å². The standard InChI is InChI=1S/C19H19N2O2P/c1-22-15-23-17-9-3-5-11-19(17)24-18-10-4-2-8-16(18)14-20-21-12-6-7-13-21/h2-14,24H,15H2,1H3. The molecule has 4 nitrogen and oxygen atoms in total. The third kappa shape index (κ3) is 4.31. The van der Waals surface area contributed by atoms with Gasteiger partial charge in [0.1, 0.15) is 5.75 Å². The van der Waals surface area contributed by atoms with Crippen molar-refractivity contribution in [3.63, 3.8) is 0 Å². The Balaban J connectivity index is 1.83. The lowest BCUT2D eigenvalue weighted by molar-refractivity contribution is 0.0519. The zero-order chi connectivity index (χ0) is 16.6. The van der Waals surface area contributed by atoms with Crippen LogP contribution in [0.4, 0.5) is 0 Å². The van der Waals surface area contributed by atoms with Gasteiger partial charge in [-0.05, 0) is 23.5 Å².